The van der Waals surface area contributed by atoms with Crippen LogP contribution in [0.4, 0.5) is 10.1 Å². The van der Waals surface area contributed by atoms with Crippen LogP contribution in [0.5, 0.6) is 11.5 Å². The van der Waals surface area contributed by atoms with Crippen molar-refractivity contribution >= 4 is 11.6 Å². The molecule has 6 heteroatoms. The van der Waals surface area contributed by atoms with Crippen molar-refractivity contribution in [2.75, 3.05) is 19.0 Å². The molecule has 0 aliphatic carbocycles. The average Bonchev–Trinajstić information content (AvgIpc) is 2.60. The summed E-state index contributed by atoms with van der Waals surface area (Å²) in [6.45, 7) is 4.46. The predicted octanol–water partition coefficient (Wildman–Crippen LogP) is 3.28. The lowest BCUT2D eigenvalue weighted by atomic mass is 10.2. The van der Waals surface area contributed by atoms with Crippen LogP contribution in [0.3, 0.4) is 0 Å². The predicted molar refractivity (Wildman–Crippen MR) is 94.0 cm³/mol. The maximum atomic E-state index is 13.4. The number of nitrogens with one attached hydrogen (secondary N) is 2. The number of guanidine groups is 1. The Bertz CT molecular complexity index is 732. The van der Waals surface area contributed by atoms with Crippen LogP contribution in [0.2, 0.25) is 0 Å². The van der Waals surface area contributed by atoms with Crippen molar-refractivity contribution in [1.29, 1.82) is 0 Å². The molecule has 2 aromatic carbocycles. The van der Waals surface area contributed by atoms with E-state index in [1.165, 1.54) is 18.2 Å². The zero-order valence-electron chi connectivity index (χ0n) is 13.4. The minimum atomic E-state index is -0.455. The number of rotatable bonds is 6. The highest BCUT2D eigenvalue weighted by Crippen LogP contribution is 2.23. The lowest BCUT2D eigenvalue weighted by Crippen LogP contribution is -2.31. The Kier molecular flexibility index (Phi) is 6.19. The molecule has 0 saturated carbocycles. The van der Waals surface area contributed by atoms with Crippen molar-refractivity contribution in [3.05, 3.63) is 66.5 Å². The van der Waals surface area contributed by atoms with Gasteiger partial charge in [0, 0.05) is 18.2 Å². The second-order valence-corrected chi connectivity index (χ2v) is 4.93. The molecule has 126 valence electrons. The third-order valence-corrected chi connectivity index (χ3v) is 3.23. The minimum absolute atomic E-state index is 0.0678. The van der Waals surface area contributed by atoms with Gasteiger partial charge < -0.3 is 20.5 Å². The van der Waals surface area contributed by atoms with Crippen LogP contribution in [0.25, 0.3) is 0 Å². The van der Waals surface area contributed by atoms with Crippen molar-refractivity contribution in [3.8, 4) is 11.5 Å². The standard InChI is InChI=1S/C18H20FN3O2/c1-3-10-20-18(22-15-11-14(19)8-9-16(15)23)21-12-13-6-4-5-7-17(13)24-2/h3-9,11,23H,1,10,12H2,2H3,(H2,20,21,22). The number of ether oxygens (including phenoxy) is 1. The third-order valence-electron chi connectivity index (χ3n) is 3.23. The van der Waals surface area contributed by atoms with E-state index in [1.807, 2.05) is 24.3 Å². The van der Waals surface area contributed by atoms with E-state index in [2.05, 4.69) is 22.2 Å². The molecule has 0 amide bonds. The molecule has 0 unspecified atom stereocenters. The fraction of sp³-hybridized carbons (Fsp3) is 0.167. The van der Waals surface area contributed by atoms with Gasteiger partial charge in [0.15, 0.2) is 5.96 Å². The van der Waals surface area contributed by atoms with Gasteiger partial charge in [0.25, 0.3) is 0 Å². The normalized spacial score (nSPS) is 11.0. The smallest absolute Gasteiger partial charge is 0.196 e. The molecule has 0 radical (unpaired) electrons. The minimum Gasteiger partial charge on any atom is -0.506 e. The zero-order chi connectivity index (χ0) is 17.4. The van der Waals surface area contributed by atoms with Crippen molar-refractivity contribution in [3.63, 3.8) is 0 Å². The topological polar surface area (TPSA) is 65.9 Å². The van der Waals surface area contributed by atoms with E-state index in [9.17, 15) is 9.50 Å². The first-order valence-electron chi connectivity index (χ1n) is 7.40. The van der Waals surface area contributed by atoms with E-state index in [-0.39, 0.29) is 11.4 Å². The number of para-hydroxylation sites is 1. The van der Waals surface area contributed by atoms with E-state index in [1.54, 1.807) is 13.2 Å². The molecule has 24 heavy (non-hydrogen) atoms. The van der Waals surface area contributed by atoms with Crippen molar-refractivity contribution < 1.29 is 14.2 Å². The highest BCUT2D eigenvalue weighted by Gasteiger charge is 2.07. The highest BCUT2D eigenvalue weighted by atomic mass is 19.1. The zero-order valence-corrected chi connectivity index (χ0v) is 13.4. The number of phenols is 1. The fourth-order valence-corrected chi connectivity index (χ4v) is 2.04. The van der Waals surface area contributed by atoms with E-state index in [4.69, 9.17) is 4.74 Å². The van der Waals surface area contributed by atoms with E-state index in [0.717, 1.165) is 11.3 Å². The maximum absolute atomic E-state index is 13.4. The summed E-state index contributed by atoms with van der Waals surface area (Å²) in [5, 5.41) is 15.7. The van der Waals surface area contributed by atoms with Gasteiger partial charge >= 0.3 is 0 Å². The second kappa shape index (κ2) is 8.57. The maximum Gasteiger partial charge on any atom is 0.196 e. The summed E-state index contributed by atoms with van der Waals surface area (Å²) in [7, 11) is 1.60. The summed E-state index contributed by atoms with van der Waals surface area (Å²) in [4.78, 5) is 4.44. The highest BCUT2D eigenvalue weighted by molar-refractivity contribution is 5.95. The first-order valence-corrected chi connectivity index (χ1v) is 7.40. The van der Waals surface area contributed by atoms with Gasteiger partial charge in [0.05, 0.1) is 19.3 Å². The molecule has 0 aromatic heterocycles. The Morgan fingerprint density at radius 3 is 2.88 bits per heavy atom. The fourth-order valence-electron chi connectivity index (χ4n) is 2.04. The summed E-state index contributed by atoms with van der Waals surface area (Å²) < 4.78 is 18.7. The molecule has 0 aliphatic rings. The molecule has 0 spiro atoms. The van der Waals surface area contributed by atoms with Gasteiger partial charge in [-0.15, -0.1) is 6.58 Å². The van der Waals surface area contributed by atoms with E-state index >= 15 is 0 Å². The Balaban J connectivity index is 2.20. The van der Waals surface area contributed by atoms with Crippen LogP contribution < -0.4 is 15.4 Å². The molecule has 0 aliphatic heterocycles. The Hall–Kier alpha value is -3.02. The number of nitrogens with zero attached hydrogens (tertiary/aromatic N) is 1. The second-order valence-electron chi connectivity index (χ2n) is 4.93. The van der Waals surface area contributed by atoms with Crippen LogP contribution in [0.15, 0.2) is 60.1 Å². The van der Waals surface area contributed by atoms with Gasteiger partial charge in [-0.3, -0.25) is 0 Å². The summed E-state index contributed by atoms with van der Waals surface area (Å²) >= 11 is 0. The molecule has 2 aromatic rings. The van der Waals surface area contributed by atoms with Crippen LogP contribution in [-0.4, -0.2) is 24.7 Å². The summed E-state index contributed by atoms with van der Waals surface area (Å²) in [5.41, 5.74) is 1.13. The van der Waals surface area contributed by atoms with E-state index in [0.29, 0.717) is 19.0 Å². The van der Waals surface area contributed by atoms with Gasteiger partial charge in [-0.25, -0.2) is 9.38 Å². The monoisotopic (exact) mass is 329 g/mol. The molecule has 0 heterocycles. The third kappa shape index (κ3) is 4.74. The van der Waals surface area contributed by atoms with Crippen LogP contribution in [0.1, 0.15) is 5.56 Å². The first kappa shape index (κ1) is 17.3. The lowest BCUT2D eigenvalue weighted by molar-refractivity contribution is 0.410. The number of anilines is 1. The molecule has 5 nitrogen and oxygen atoms in total. The lowest BCUT2D eigenvalue weighted by Gasteiger charge is -2.13. The molecular weight excluding hydrogens is 309 g/mol. The van der Waals surface area contributed by atoms with Gasteiger partial charge in [0.2, 0.25) is 0 Å². The SMILES string of the molecule is C=CCNC(=NCc1ccccc1OC)Nc1cc(F)ccc1O. The number of aromatic hydroxyl groups is 1. The largest absolute Gasteiger partial charge is 0.506 e. The van der Waals surface area contributed by atoms with Gasteiger partial charge in [0.1, 0.15) is 17.3 Å². The van der Waals surface area contributed by atoms with Crippen molar-refractivity contribution in [1.82, 2.24) is 5.32 Å². The van der Waals surface area contributed by atoms with Gasteiger partial charge in [-0.05, 0) is 18.2 Å². The van der Waals surface area contributed by atoms with Crippen LogP contribution in [-0.2, 0) is 6.54 Å². The number of methoxy groups -OCH3 is 1. The molecule has 0 bridgehead atoms. The number of hydrogen-bond donors (Lipinski definition) is 3. The first-order chi connectivity index (χ1) is 11.6. The van der Waals surface area contributed by atoms with Crippen LogP contribution in [0, 0.1) is 5.82 Å². The number of benzene rings is 2. The van der Waals surface area contributed by atoms with Crippen molar-refractivity contribution in [2.24, 2.45) is 4.99 Å². The van der Waals surface area contributed by atoms with Crippen LogP contribution >= 0.6 is 0 Å². The Morgan fingerprint density at radius 1 is 1.33 bits per heavy atom. The van der Waals surface area contributed by atoms with Crippen molar-refractivity contribution in [2.45, 2.75) is 6.54 Å². The Labute approximate surface area is 140 Å². The number of aliphatic imine (C=N–C) groups is 1. The van der Waals surface area contributed by atoms with Gasteiger partial charge in [-0.1, -0.05) is 24.3 Å². The summed E-state index contributed by atoms with van der Waals surface area (Å²) in [6, 6.07) is 11.2. The summed E-state index contributed by atoms with van der Waals surface area (Å²) in [5.74, 6) is 0.601. The number of halogens is 1. The number of hydrogen-bond acceptors (Lipinski definition) is 3. The molecule has 0 atom stereocenters. The number of phenolic OH excluding ortho intramolecular Hbond substituents is 1. The molecule has 3 N–H and O–H groups in total. The molecular formula is C18H20FN3O2. The summed E-state index contributed by atoms with van der Waals surface area (Å²) in [6.07, 6.45) is 1.67. The van der Waals surface area contributed by atoms with Gasteiger partial charge in [-0.2, -0.15) is 0 Å². The Morgan fingerprint density at radius 2 is 2.12 bits per heavy atom. The molecule has 0 saturated heterocycles. The quantitative estimate of drug-likeness (QED) is 0.329. The molecule has 2 rings (SSSR count). The van der Waals surface area contributed by atoms with E-state index < -0.39 is 5.82 Å². The average molecular weight is 329 g/mol. The molecule has 0 fully saturated rings.